The molecule has 0 saturated carbocycles. The van der Waals surface area contributed by atoms with Crippen LogP contribution < -0.4 is 10.2 Å². The number of nitro benzene ring substituents is 1. The molecule has 1 saturated heterocycles. The van der Waals surface area contributed by atoms with Crippen molar-refractivity contribution in [2.24, 2.45) is 0 Å². The lowest BCUT2D eigenvalue weighted by atomic mass is 10.2. The molecule has 142 valence electrons. The van der Waals surface area contributed by atoms with Gasteiger partial charge in [-0.05, 0) is 24.3 Å². The number of anilines is 2. The van der Waals surface area contributed by atoms with E-state index in [2.05, 4.69) is 15.2 Å². The molecule has 0 radical (unpaired) electrons. The Labute approximate surface area is 161 Å². The van der Waals surface area contributed by atoms with Crippen LogP contribution in [0.3, 0.4) is 0 Å². The van der Waals surface area contributed by atoms with E-state index in [1.54, 1.807) is 23.2 Å². The molecular formula is C20H19N5O3. The number of carbonyl (C=O) groups excluding carboxylic acids is 1. The lowest BCUT2D eigenvalue weighted by Gasteiger charge is -2.36. The number of benzene rings is 2. The van der Waals surface area contributed by atoms with Crippen molar-refractivity contribution in [3.63, 3.8) is 0 Å². The molecule has 1 N–H and O–H groups in total. The van der Waals surface area contributed by atoms with Crippen molar-refractivity contribution in [3.05, 3.63) is 70.9 Å². The Bertz CT molecular complexity index is 1010. The number of fused-ring (bicyclic) bond motifs is 1. The summed E-state index contributed by atoms with van der Waals surface area (Å²) in [6, 6.07) is 15.9. The number of urea groups is 1. The number of pyridine rings is 1. The molecule has 2 amide bonds. The van der Waals surface area contributed by atoms with Crippen LogP contribution in [0.25, 0.3) is 10.9 Å². The molecule has 8 heteroatoms. The van der Waals surface area contributed by atoms with E-state index in [1.807, 2.05) is 30.3 Å². The number of nitro groups is 1. The van der Waals surface area contributed by atoms with Gasteiger partial charge in [-0.25, -0.2) is 4.79 Å². The molecule has 0 aliphatic carbocycles. The van der Waals surface area contributed by atoms with Crippen LogP contribution in [0, 0.1) is 10.1 Å². The number of rotatable bonds is 3. The van der Waals surface area contributed by atoms with Gasteiger partial charge in [-0.3, -0.25) is 15.1 Å². The summed E-state index contributed by atoms with van der Waals surface area (Å²) >= 11 is 0. The zero-order chi connectivity index (χ0) is 19.5. The lowest BCUT2D eigenvalue weighted by molar-refractivity contribution is -0.384. The van der Waals surface area contributed by atoms with Crippen LogP contribution in [0.15, 0.2) is 60.8 Å². The summed E-state index contributed by atoms with van der Waals surface area (Å²) in [6.07, 6.45) is 1.71. The average Bonchev–Trinajstić information content (AvgIpc) is 2.74. The second-order valence-corrected chi connectivity index (χ2v) is 6.56. The minimum atomic E-state index is -0.409. The highest BCUT2D eigenvalue weighted by atomic mass is 16.6. The van der Waals surface area contributed by atoms with Crippen molar-refractivity contribution in [2.75, 3.05) is 36.4 Å². The van der Waals surface area contributed by atoms with E-state index >= 15 is 0 Å². The summed E-state index contributed by atoms with van der Waals surface area (Å²) in [7, 11) is 0. The normalized spacial score (nSPS) is 14.1. The fraction of sp³-hybridized carbons (Fsp3) is 0.200. The number of nitrogens with zero attached hydrogens (tertiary/aromatic N) is 4. The summed E-state index contributed by atoms with van der Waals surface area (Å²) in [6.45, 7) is 2.47. The minimum Gasteiger partial charge on any atom is -0.368 e. The van der Waals surface area contributed by atoms with Gasteiger partial charge >= 0.3 is 6.03 Å². The van der Waals surface area contributed by atoms with E-state index in [4.69, 9.17) is 0 Å². The number of hydrogen-bond acceptors (Lipinski definition) is 5. The quantitative estimate of drug-likeness (QED) is 0.557. The molecule has 3 aromatic rings. The molecule has 2 aromatic carbocycles. The summed E-state index contributed by atoms with van der Waals surface area (Å²) in [5.41, 5.74) is 2.46. The zero-order valence-electron chi connectivity index (χ0n) is 15.1. The number of nitrogens with one attached hydrogen (secondary N) is 1. The first-order valence-electron chi connectivity index (χ1n) is 9.01. The lowest BCUT2D eigenvalue weighted by Crippen LogP contribution is -2.50. The van der Waals surface area contributed by atoms with Crippen molar-refractivity contribution in [2.45, 2.75) is 0 Å². The Kier molecular flexibility index (Phi) is 4.76. The first-order chi connectivity index (χ1) is 13.6. The molecule has 1 aromatic heterocycles. The van der Waals surface area contributed by atoms with Gasteiger partial charge in [0.05, 0.1) is 16.1 Å². The number of amides is 2. The van der Waals surface area contributed by atoms with Gasteiger partial charge in [0.15, 0.2) is 0 Å². The molecule has 28 heavy (non-hydrogen) atoms. The Morgan fingerprint density at radius 1 is 1.00 bits per heavy atom. The highest BCUT2D eigenvalue weighted by Crippen LogP contribution is 2.23. The molecule has 1 aliphatic heterocycles. The molecule has 0 unspecified atom stereocenters. The average molecular weight is 377 g/mol. The fourth-order valence-corrected chi connectivity index (χ4v) is 3.35. The van der Waals surface area contributed by atoms with E-state index in [0.29, 0.717) is 31.9 Å². The molecule has 8 nitrogen and oxygen atoms in total. The highest BCUT2D eigenvalue weighted by Gasteiger charge is 2.22. The Hall–Kier alpha value is -3.68. The topological polar surface area (TPSA) is 91.6 Å². The van der Waals surface area contributed by atoms with Crippen LogP contribution in [0.4, 0.5) is 21.9 Å². The third kappa shape index (κ3) is 3.57. The molecule has 0 atom stereocenters. The zero-order valence-corrected chi connectivity index (χ0v) is 15.1. The van der Waals surface area contributed by atoms with Gasteiger partial charge in [-0.15, -0.1) is 0 Å². The molecule has 1 aliphatic rings. The third-order valence-corrected chi connectivity index (χ3v) is 4.87. The van der Waals surface area contributed by atoms with Gasteiger partial charge in [-0.2, -0.15) is 0 Å². The number of piperazine rings is 1. The van der Waals surface area contributed by atoms with Crippen molar-refractivity contribution in [1.82, 2.24) is 9.88 Å². The fourth-order valence-electron chi connectivity index (χ4n) is 3.35. The standard InChI is InChI=1S/C20H19N5O3/c26-20(22-18-5-1-3-15-4-2-10-21-19(15)18)24-13-11-23(12-14-24)16-6-8-17(9-7-16)25(27)28/h1-10H,11-14H2,(H,22,26). The second-order valence-electron chi connectivity index (χ2n) is 6.56. The van der Waals surface area contributed by atoms with Gasteiger partial charge < -0.3 is 15.1 Å². The van der Waals surface area contributed by atoms with Gasteiger partial charge in [-0.1, -0.05) is 18.2 Å². The van der Waals surface area contributed by atoms with Crippen molar-refractivity contribution >= 4 is 34.0 Å². The van der Waals surface area contributed by atoms with E-state index < -0.39 is 4.92 Å². The van der Waals surface area contributed by atoms with Gasteiger partial charge in [0, 0.05) is 55.6 Å². The van der Waals surface area contributed by atoms with Gasteiger partial charge in [0.1, 0.15) is 0 Å². The number of hydrogen-bond donors (Lipinski definition) is 1. The summed E-state index contributed by atoms with van der Waals surface area (Å²) < 4.78 is 0. The Morgan fingerprint density at radius 2 is 1.71 bits per heavy atom. The maximum atomic E-state index is 12.7. The maximum Gasteiger partial charge on any atom is 0.322 e. The summed E-state index contributed by atoms with van der Waals surface area (Å²) in [5.74, 6) is 0. The molecule has 0 bridgehead atoms. The Balaban J connectivity index is 1.39. The largest absolute Gasteiger partial charge is 0.368 e. The number of carbonyl (C=O) groups is 1. The minimum absolute atomic E-state index is 0.0745. The van der Waals surface area contributed by atoms with Crippen LogP contribution in [-0.4, -0.2) is 47.0 Å². The number of aromatic nitrogens is 1. The molecule has 4 rings (SSSR count). The van der Waals surface area contributed by atoms with Crippen molar-refractivity contribution in [1.29, 1.82) is 0 Å². The highest BCUT2D eigenvalue weighted by molar-refractivity contribution is 5.99. The summed E-state index contributed by atoms with van der Waals surface area (Å²) in [4.78, 5) is 31.3. The summed E-state index contributed by atoms with van der Waals surface area (Å²) in [5, 5.41) is 14.7. The van der Waals surface area contributed by atoms with E-state index in [0.717, 1.165) is 16.6 Å². The van der Waals surface area contributed by atoms with E-state index in [-0.39, 0.29) is 11.7 Å². The second kappa shape index (κ2) is 7.51. The SMILES string of the molecule is O=C(Nc1cccc2cccnc12)N1CCN(c2ccc([N+](=O)[O-])cc2)CC1. The molecule has 2 heterocycles. The van der Waals surface area contributed by atoms with Crippen LogP contribution in [0.2, 0.25) is 0 Å². The molecule has 1 fully saturated rings. The van der Waals surface area contributed by atoms with E-state index in [1.165, 1.54) is 12.1 Å². The monoisotopic (exact) mass is 377 g/mol. The van der Waals surface area contributed by atoms with Crippen molar-refractivity contribution < 1.29 is 9.72 Å². The van der Waals surface area contributed by atoms with Crippen LogP contribution in [0.5, 0.6) is 0 Å². The van der Waals surface area contributed by atoms with Crippen LogP contribution in [0.1, 0.15) is 0 Å². The Morgan fingerprint density at radius 3 is 2.43 bits per heavy atom. The van der Waals surface area contributed by atoms with Gasteiger partial charge in [0.25, 0.3) is 5.69 Å². The predicted molar refractivity (Wildman–Crippen MR) is 108 cm³/mol. The van der Waals surface area contributed by atoms with E-state index in [9.17, 15) is 14.9 Å². The van der Waals surface area contributed by atoms with Crippen LogP contribution in [-0.2, 0) is 0 Å². The van der Waals surface area contributed by atoms with Crippen LogP contribution >= 0.6 is 0 Å². The number of para-hydroxylation sites is 1. The molecular weight excluding hydrogens is 358 g/mol. The van der Waals surface area contributed by atoms with Gasteiger partial charge in [0.2, 0.25) is 0 Å². The smallest absolute Gasteiger partial charge is 0.322 e. The number of non-ortho nitro benzene ring substituents is 1. The molecule has 0 spiro atoms. The first kappa shape index (κ1) is 17.7. The first-order valence-corrected chi connectivity index (χ1v) is 9.01. The third-order valence-electron chi connectivity index (χ3n) is 4.87. The van der Waals surface area contributed by atoms with Crippen molar-refractivity contribution in [3.8, 4) is 0 Å². The predicted octanol–water partition coefficient (Wildman–Crippen LogP) is 3.50. The maximum absolute atomic E-state index is 12.7.